The molecule has 0 radical (unpaired) electrons. The molecule has 1 aromatic heterocycles. The topological polar surface area (TPSA) is 0 Å². The molecule has 0 saturated carbocycles. The van der Waals surface area contributed by atoms with E-state index in [9.17, 15) is 8.78 Å². The molecule has 74 valence electrons. The summed E-state index contributed by atoms with van der Waals surface area (Å²) in [5.41, 5.74) is 0.0837. The number of thiophene rings is 1. The average Bonchev–Trinajstić information content (AvgIpc) is 2.59. The second kappa shape index (κ2) is 3.94. The van der Waals surface area contributed by atoms with Crippen LogP contribution < -0.4 is 0 Å². The van der Waals surface area contributed by atoms with Crippen molar-refractivity contribution in [1.82, 2.24) is 0 Å². The van der Waals surface area contributed by atoms with E-state index in [1.165, 1.54) is 17.4 Å². The Balaban J connectivity index is 2.84. The molecule has 0 N–H and O–H groups in total. The number of halogens is 3. The molecule has 2 aromatic rings. The molecule has 0 nitrogen and oxygen atoms in total. The lowest BCUT2D eigenvalue weighted by molar-refractivity contribution is 0.153. The molecule has 2 rings (SSSR count). The standard InChI is InChI=1S/C9H5F2IS2/c10-9(11)5-3-6(13)7(12)4-1-2-14-8(4)5/h1-3,9,13H. The number of alkyl halides is 2. The van der Waals surface area contributed by atoms with Gasteiger partial charge in [-0.1, -0.05) is 0 Å². The summed E-state index contributed by atoms with van der Waals surface area (Å²) in [6.07, 6.45) is -2.43. The van der Waals surface area contributed by atoms with Crippen LogP contribution in [0.5, 0.6) is 0 Å². The Morgan fingerprint density at radius 1 is 1.43 bits per heavy atom. The molecule has 0 spiro atoms. The molecule has 1 aromatic carbocycles. The molecule has 5 heteroatoms. The fourth-order valence-electron chi connectivity index (χ4n) is 1.28. The van der Waals surface area contributed by atoms with Crippen LogP contribution in [-0.4, -0.2) is 0 Å². The van der Waals surface area contributed by atoms with E-state index in [1.807, 2.05) is 11.4 Å². The molecule has 0 atom stereocenters. The monoisotopic (exact) mass is 342 g/mol. The lowest BCUT2D eigenvalue weighted by atomic mass is 10.2. The second-order valence-electron chi connectivity index (χ2n) is 2.76. The molecular weight excluding hydrogens is 337 g/mol. The summed E-state index contributed by atoms with van der Waals surface area (Å²) in [6.45, 7) is 0. The van der Waals surface area contributed by atoms with Gasteiger partial charge in [-0.3, -0.25) is 0 Å². The first kappa shape index (κ1) is 10.6. The highest BCUT2D eigenvalue weighted by molar-refractivity contribution is 14.1. The fourth-order valence-corrected chi connectivity index (χ4v) is 3.25. The van der Waals surface area contributed by atoms with E-state index in [1.54, 1.807) is 0 Å². The maximum absolute atomic E-state index is 12.7. The van der Waals surface area contributed by atoms with Crippen LogP contribution in [0.1, 0.15) is 12.0 Å². The number of fused-ring (bicyclic) bond motifs is 1. The highest BCUT2D eigenvalue weighted by atomic mass is 127. The molecule has 0 aliphatic heterocycles. The van der Waals surface area contributed by atoms with Crippen LogP contribution in [0.4, 0.5) is 8.78 Å². The van der Waals surface area contributed by atoms with Crippen LogP contribution >= 0.6 is 46.6 Å². The van der Waals surface area contributed by atoms with Gasteiger partial charge in [-0.05, 0) is 40.1 Å². The quantitative estimate of drug-likeness (QED) is 0.562. The number of benzene rings is 1. The Morgan fingerprint density at radius 3 is 2.79 bits per heavy atom. The molecular formula is C9H5F2IS2. The number of thiol groups is 1. The van der Waals surface area contributed by atoms with E-state index in [-0.39, 0.29) is 5.56 Å². The number of hydrogen-bond donors (Lipinski definition) is 1. The van der Waals surface area contributed by atoms with Gasteiger partial charge in [0.15, 0.2) is 0 Å². The van der Waals surface area contributed by atoms with Crippen molar-refractivity contribution in [1.29, 1.82) is 0 Å². The van der Waals surface area contributed by atoms with Crippen molar-refractivity contribution in [3.63, 3.8) is 0 Å². The highest BCUT2D eigenvalue weighted by Gasteiger charge is 2.16. The predicted molar refractivity (Wildman–Crippen MR) is 66.8 cm³/mol. The van der Waals surface area contributed by atoms with Gasteiger partial charge in [-0.2, -0.15) is 0 Å². The predicted octanol–water partition coefficient (Wildman–Crippen LogP) is 4.73. The molecule has 0 amide bonds. The van der Waals surface area contributed by atoms with Crippen LogP contribution in [0.2, 0.25) is 0 Å². The zero-order valence-corrected chi connectivity index (χ0v) is 10.7. The fraction of sp³-hybridized carbons (Fsp3) is 0.111. The van der Waals surface area contributed by atoms with Gasteiger partial charge in [-0.25, -0.2) is 8.78 Å². The molecule has 0 aliphatic carbocycles. The first-order valence-corrected chi connectivity index (χ1v) is 6.18. The van der Waals surface area contributed by atoms with Gasteiger partial charge in [0.2, 0.25) is 0 Å². The van der Waals surface area contributed by atoms with Crippen LogP contribution in [0, 0.1) is 3.57 Å². The maximum atomic E-state index is 12.7. The summed E-state index contributed by atoms with van der Waals surface area (Å²) < 4.78 is 26.9. The van der Waals surface area contributed by atoms with Gasteiger partial charge in [0, 0.05) is 24.1 Å². The van der Waals surface area contributed by atoms with Gasteiger partial charge in [0.05, 0.1) is 0 Å². The molecule has 0 aliphatic rings. The summed E-state index contributed by atoms with van der Waals surface area (Å²) in [4.78, 5) is 0.617. The third-order valence-electron chi connectivity index (χ3n) is 1.92. The zero-order chi connectivity index (χ0) is 10.3. The van der Waals surface area contributed by atoms with Crippen molar-refractivity contribution in [3.8, 4) is 0 Å². The minimum atomic E-state index is -2.43. The lowest BCUT2D eigenvalue weighted by Gasteiger charge is -2.05. The minimum Gasteiger partial charge on any atom is -0.205 e. The summed E-state index contributed by atoms with van der Waals surface area (Å²) in [7, 11) is 0. The summed E-state index contributed by atoms with van der Waals surface area (Å²) >= 11 is 7.65. The molecule has 0 saturated heterocycles. The molecule has 0 unspecified atom stereocenters. The molecule has 0 bridgehead atoms. The summed E-state index contributed by atoms with van der Waals surface area (Å²) in [5, 5.41) is 2.70. The van der Waals surface area contributed by atoms with E-state index in [0.29, 0.717) is 9.60 Å². The molecule has 14 heavy (non-hydrogen) atoms. The smallest absolute Gasteiger partial charge is 0.205 e. The van der Waals surface area contributed by atoms with Gasteiger partial charge < -0.3 is 0 Å². The zero-order valence-electron chi connectivity index (χ0n) is 6.80. The first-order valence-electron chi connectivity index (χ1n) is 3.78. The van der Waals surface area contributed by atoms with Gasteiger partial charge >= 0.3 is 0 Å². The van der Waals surface area contributed by atoms with Crippen LogP contribution in [0.15, 0.2) is 22.4 Å². The van der Waals surface area contributed by atoms with Gasteiger partial charge in [0.25, 0.3) is 6.43 Å². The lowest BCUT2D eigenvalue weighted by Crippen LogP contribution is -1.87. The van der Waals surface area contributed by atoms with Crippen molar-refractivity contribution in [2.24, 2.45) is 0 Å². The second-order valence-corrected chi connectivity index (χ2v) is 5.24. The third kappa shape index (κ3) is 1.65. The van der Waals surface area contributed by atoms with E-state index in [0.717, 1.165) is 8.96 Å². The Morgan fingerprint density at radius 2 is 2.14 bits per heavy atom. The average molecular weight is 342 g/mol. The minimum absolute atomic E-state index is 0.0837. The van der Waals surface area contributed by atoms with E-state index >= 15 is 0 Å². The van der Waals surface area contributed by atoms with Crippen molar-refractivity contribution < 1.29 is 8.78 Å². The molecule has 1 heterocycles. The van der Waals surface area contributed by atoms with Crippen LogP contribution in [-0.2, 0) is 0 Å². The van der Waals surface area contributed by atoms with Crippen molar-refractivity contribution in [2.75, 3.05) is 0 Å². The van der Waals surface area contributed by atoms with Gasteiger partial charge in [0.1, 0.15) is 0 Å². The first-order chi connectivity index (χ1) is 6.61. The Bertz CT molecular complexity index is 479. The maximum Gasteiger partial charge on any atom is 0.265 e. The Hall–Kier alpha value is 0.120. The Kier molecular flexibility index (Phi) is 2.99. The Labute approximate surface area is 103 Å². The van der Waals surface area contributed by atoms with Gasteiger partial charge in [-0.15, -0.1) is 24.0 Å². The third-order valence-corrected chi connectivity index (χ3v) is 4.82. The van der Waals surface area contributed by atoms with Crippen LogP contribution in [0.25, 0.3) is 10.1 Å². The van der Waals surface area contributed by atoms with E-state index < -0.39 is 6.43 Å². The van der Waals surface area contributed by atoms with E-state index in [4.69, 9.17) is 0 Å². The summed E-state index contributed by atoms with van der Waals surface area (Å²) in [6, 6.07) is 3.31. The molecule has 0 fully saturated rings. The highest BCUT2D eigenvalue weighted by Crippen LogP contribution is 2.37. The number of rotatable bonds is 1. The van der Waals surface area contributed by atoms with Crippen molar-refractivity contribution >= 4 is 56.6 Å². The SMILES string of the molecule is FC(F)c1cc(S)c(I)c2ccsc12. The number of hydrogen-bond acceptors (Lipinski definition) is 2. The largest absolute Gasteiger partial charge is 0.265 e. The van der Waals surface area contributed by atoms with Crippen molar-refractivity contribution in [3.05, 3.63) is 26.6 Å². The van der Waals surface area contributed by atoms with Crippen LogP contribution in [0.3, 0.4) is 0 Å². The van der Waals surface area contributed by atoms with Crippen molar-refractivity contribution in [2.45, 2.75) is 11.3 Å². The van der Waals surface area contributed by atoms with E-state index in [2.05, 4.69) is 35.2 Å². The summed E-state index contributed by atoms with van der Waals surface area (Å²) in [5.74, 6) is 0. The normalized spacial score (nSPS) is 11.5.